The van der Waals surface area contributed by atoms with E-state index in [0.717, 1.165) is 0 Å². The van der Waals surface area contributed by atoms with Crippen LogP contribution in [-0.2, 0) is 14.3 Å². The average Bonchev–Trinajstić information content (AvgIpc) is 2.79. The zero-order chi connectivity index (χ0) is 16.5. The maximum Gasteiger partial charge on any atom is 0.410 e. The molecule has 2 aliphatic rings. The number of aliphatic carboxylic acids is 1. The first-order valence-electron chi connectivity index (χ1n) is 7.70. The second-order valence-corrected chi connectivity index (χ2v) is 6.91. The number of carbonyl (C=O) groups is 3. The molecule has 2 amide bonds. The first-order chi connectivity index (χ1) is 10.2. The summed E-state index contributed by atoms with van der Waals surface area (Å²) in [5.74, 6) is -2.23. The number of nitrogens with zero attached hydrogens (tertiary/aromatic N) is 2. The second-order valence-electron chi connectivity index (χ2n) is 6.91. The molecular weight excluding hydrogens is 288 g/mol. The number of rotatable bonds is 2. The van der Waals surface area contributed by atoms with Crippen LogP contribution >= 0.6 is 0 Å². The molecule has 0 bridgehead atoms. The SMILES string of the molecule is CC(C)(C)OC(=O)N1CCC(N2CCC(C(=O)O)C2=O)CC1. The summed E-state index contributed by atoms with van der Waals surface area (Å²) in [6.07, 6.45) is 1.37. The number of carboxylic acid groups (broad SMARTS) is 1. The normalized spacial score (nSPS) is 23.8. The molecule has 7 nitrogen and oxygen atoms in total. The molecule has 0 aromatic rings. The van der Waals surface area contributed by atoms with E-state index >= 15 is 0 Å². The highest BCUT2D eigenvalue weighted by atomic mass is 16.6. The Morgan fingerprint density at radius 1 is 1.14 bits per heavy atom. The van der Waals surface area contributed by atoms with Crippen molar-refractivity contribution in [3.63, 3.8) is 0 Å². The predicted molar refractivity (Wildman–Crippen MR) is 78.3 cm³/mol. The summed E-state index contributed by atoms with van der Waals surface area (Å²) < 4.78 is 5.34. The van der Waals surface area contributed by atoms with E-state index < -0.39 is 17.5 Å². The Morgan fingerprint density at radius 2 is 1.73 bits per heavy atom. The number of carboxylic acids is 1. The van der Waals surface area contributed by atoms with Gasteiger partial charge in [0.15, 0.2) is 0 Å². The molecule has 0 spiro atoms. The van der Waals surface area contributed by atoms with Crippen molar-refractivity contribution in [2.24, 2.45) is 5.92 Å². The van der Waals surface area contributed by atoms with Gasteiger partial charge in [0.1, 0.15) is 11.5 Å². The van der Waals surface area contributed by atoms with Gasteiger partial charge in [-0.05, 0) is 40.0 Å². The minimum Gasteiger partial charge on any atom is -0.481 e. The van der Waals surface area contributed by atoms with Gasteiger partial charge in [-0.1, -0.05) is 0 Å². The number of amides is 2. The molecule has 22 heavy (non-hydrogen) atoms. The predicted octanol–water partition coefficient (Wildman–Crippen LogP) is 1.32. The molecule has 0 aliphatic carbocycles. The van der Waals surface area contributed by atoms with Crippen LogP contribution in [0, 0.1) is 5.92 Å². The number of likely N-dealkylation sites (tertiary alicyclic amines) is 2. The molecule has 0 aromatic heterocycles. The van der Waals surface area contributed by atoms with Crippen LogP contribution in [0.5, 0.6) is 0 Å². The minimum absolute atomic E-state index is 0.0236. The van der Waals surface area contributed by atoms with Crippen LogP contribution in [0.2, 0.25) is 0 Å². The average molecular weight is 312 g/mol. The second kappa shape index (κ2) is 6.14. The summed E-state index contributed by atoms with van der Waals surface area (Å²) in [6.45, 7) is 7.03. The van der Waals surface area contributed by atoms with Gasteiger partial charge < -0.3 is 19.6 Å². The molecule has 0 radical (unpaired) electrons. The molecule has 1 atom stereocenters. The maximum absolute atomic E-state index is 12.1. The Kier molecular flexibility index (Phi) is 4.63. The molecule has 2 fully saturated rings. The molecule has 2 aliphatic heterocycles. The fourth-order valence-electron chi connectivity index (χ4n) is 2.98. The zero-order valence-corrected chi connectivity index (χ0v) is 13.4. The highest BCUT2D eigenvalue weighted by molar-refractivity contribution is 5.98. The van der Waals surface area contributed by atoms with E-state index in [2.05, 4.69) is 0 Å². The van der Waals surface area contributed by atoms with E-state index in [-0.39, 0.29) is 18.0 Å². The Balaban J connectivity index is 1.86. The van der Waals surface area contributed by atoms with Crippen molar-refractivity contribution >= 4 is 18.0 Å². The Morgan fingerprint density at radius 3 is 2.18 bits per heavy atom. The third-order valence-electron chi connectivity index (χ3n) is 4.09. The zero-order valence-electron chi connectivity index (χ0n) is 13.4. The van der Waals surface area contributed by atoms with Gasteiger partial charge in [-0.25, -0.2) is 4.79 Å². The van der Waals surface area contributed by atoms with Crippen molar-refractivity contribution < 1.29 is 24.2 Å². The fraction of sp³-hybridized carbons (Fsp3) is 0.800. The number of piperidine rings is 1. The lowest BCUT2D eigenvalue weighted by Gasteiger charge is -2.37. The number of hydrogen-bond donors (Lipinski definition) is 1. The van der Waals surface area contributed by atoms with Gasteiger partial charge in [0.2, 0.25) is 5.91 Å². The van der Waals surface area contributed by atoms with Crippen molar-refractivity contribution in [2.45, 2.75) is 51.7 Å². The van der Waals surface area contributed by atoms with Crippen LogP contribution in [0.25, 0.3) is 0 Å². The van der Waals surface area contributed by atoms with Crippen molar-refractivity contribution in [1.82, 2.24) is 9.80 Å². The summed E-state index contributed by atoms with van der Waals surface area (Å²) in [7, 11) is 0. The van der Waals surface area contributed by atoms with Gasteiger partial charge in [-0.3, -0.25) is 9.59 Å². The molecule has 2 saturated heterocycles. The molecule has 7 heteroatoms. The van der Waals surface area contributed by atoms with Gasteiger partial charge in [-0.15, -0.1) is 0 Å². The molecule has 0 saturated carbocycles. The van der Waals surface area contributed by atoms with Crippen molar-refractivity contribution in [3.05, 3.63) is 0 Å². The Bertz CT molecular complexity index is 463. The van der Waals surface area contributed by atoms with Gasteiger partial charge in [0.25, 0.3) is 0 Å². The van der Waals surface area contributed by atoms with Gasteiger partial charge in [-0.2, -0.15) is 0 Å². The number of hydrogen-bond acceptors (Lipinski definition) is 4. The number of carbonyl (C=O) groups excluding carboxylic acids is 2. The van der Waals surface area contributed by atoms with Crippen LogP contribution < -0.4 is 0 Å². The fourth-order valence-corrected chi connectivity index (χ4v) is 2.98. The molecule has 124 valence electrons. The van der Waals surface area contributed by atoms with E-state index in [4.69, 9.17) is 9.84 Å². The van der Waals surface area contributed by atoms with Crippen LogP contribution in [0.15, 0.2) is 0 Å². The van der Waals surface area contributed by atoms with Crippen LogP contribution in [0.4, 0.5) is 4.79 Å². The lowest BCUT2D eigenvalue weighted by molar-refractivity contribution is -0.148. The Hall–Kier alpha value is -1.79. The number of ether oxygens (including phenoxy) is 1. The highest BCUT2D eigenvalue weighted by Gasteiger charge is 2.41. The summed E-state index contributed by atoms with van der Waals surface area (Å²) in [5.41, 5.74) is -0.520. The van der Waals surface area contributed by atoms with E-state index in [9.17, 15) is 14.4 Å². The first kappa shape index (κ1) is 16.6. The summed E-state index contributed by atoms with van der Waals surface area (Å²) >= 11 is 0. The molecule has 2 heterocycles. The van der Waals surface area contributed by atoms with Crippen LogP contribution in [0.1, 0.15) is 40.0 Å². The van der Waals surface area contributed by atoms with Crippen molar-refractivity contribution in [3.8, 4) is 0 Å². The minimum atomic E-state index is -1.04. The van der Waals surface area contributed by atoms with E-state index in [1.807, 2.05) is 20.8 Å². The van der Waals surface area contributed by atoms with Gasteiger partial charge in [0, 0.05) is 25.7 Å². The Labute approximate surface area is 130 Å². The highest BCUT2D eigenvalue weighted by Crippen LogP contribution is 2.26. The summed E-state index contributed by atoms with van der Waals surface area (Å²) in [4.78, 5) is 38.4. The third kappa shape index (κ3) is 3.69. The van der Waals surface area contributed by atoms with Gasteiger partial charge in [0.05, 0.1) is 0 Å². The first-order valence-corrected chi connectivity index (χ1v) is 7.70. The van der Waals surface area contributed by atoms with E-state index in [1.165, 1.54) is 0 Å². The quantitative estimate of drug-likeness (QED) is 0.777. The van der Waals surface area contributed by atoms with E-state index in [1.54, 1.807) is 9.80 Å². The van der Waals surface area contributed by atoms with Crippen LogP contribution in [-0.4, -0.2) is 64.2 Å². The standard InChI is InChI=1S/C15H24N2O5/c1-15(2,3)22-14(21)16-7-4-10(5-8-16)17-9-6-11(12(17)18)13(19)20/h10-11H,4-9H2,1-3H3,(H,19,20). The maximum atomic E-state index is 12.1. The topological polar surface area (TPSA) is 87.2 Å². The molecule has 1 unspecified atom stereocenters. The largest absolute Gasteiger partial charge is 0.481 e. The van der Waals surface area contributed by atoms with Gasteiger partial charge >= 0.3 is 12.1 Å². The van der Waals surface area contributed by atoms with Crippen molar-refractivity contribution in [1.29, 1.82) is 0 Å². The third-order valence-corrected chi connectivity index (χ3v) is 4.09. The monoisotopic (exact) mass is 312 g/mol. The molecule has 1 N–H and O–H groups in total. The van der Waals surface area contributed by atoms with E-state index in [0.29, 0.717) is 38.9 Å². The van der Waals surface area contributed by atoms with Crippen molar-refractivity contribution in [2.75, 3.05) is 19.6 Å². The summed E-state index contributed by atoms with van der Waals surface area (Å²) in [5, 5.41) is 9.01. The lowest BCUT2D eigenvalue weighted by atomic mass is 10.0. The lowest BCUT2D eigenvalue weighted by Crippen LogP contribution is -2.48. The smallest absolute Gasteiger partial charge is 0.410 e. The molecular formula is C15H24N2O5. The summed E-state index contributed by atoms with van der Waals surface area (Å²) in [6, 6.07) is 0.0236. The van der Waals surface area contributed by atoms with Crippen LogP contribution in [0.3, 0.4) is 0 Å². The molecule has 2 rings (SSSR count). The molecule has 0 aromatic carbocycles.